The van der Waals surface area contributed by atoms with Gasteiger partial charge in [0, 0.05) is 21.3 Å². The molecule has 2 aromatic carbocycles. The number of carbonyl (C=O) groups excluding carboxylic acids is 2. The van der Waals surface area contributed by atoms with Crippen molar-refractivity contribution in [3.05, 3.63) is 48.5 Å². The number of hydrogen-bond donors (Lipinski definition) is 1. The van der Waals surface area contributed by atoms with Crippen molar-refractivity contribution in [2.24, 2.45) is 0 Å². The van der Waals surface area contributed by atoms with Gasteiger partial charge in [0.25, 0.3) is 0 Å². The molecule has 0 aliphatic heterocycles. The second-order valence-corrected chi connectivity index (χ2v) is 11.8. The summed E-state index contributed by atoms with van der Waals surface area (Å²) >= 11 is 7.47. The third-order valence-corrected chi connectivity index (χ3v) is 8.06. The van der Waals surface area contributed by atoms with Gasteiger partial charge in [0.1, 0.15) is 11.5 Å². The van der Waals surface area contributed by atoms with Crippen molar-refractivity contribution < 1.29 is 19.1 Å². The zero-order chi connectivity index (χ0) is 26.6. The second kappa shape index (κ2) is 20.4. The van der Waals surface area contributed by atoms with Crippen molar-refractivity contribution in [1.82, 2.24) is 0 Å². The van der Waals surface area contributed by atoms with Gasteiger partial charge in [-0.1, -0.05) is 76.5 Å². The zero-order valence-electron chi connectivity index (χ0n) is 22.1. The Balaban J connectivity index is 1.54. The highest BCUT2D eigenvalue weighted by atomic mass is 32.2. The Morgan fingerprint density at radius 3 is 1.59 bits per heavy atom. The lowest BCUT2D eigenvalue weighted by molar-refractivity contribution is -0.134. The number of unbranched alkanes of at least 4 members (excludes halogenated alkanes) is 9. The molecule has 2 aromatic rings. The van der Waals surface area contributed by atoms with Crippen molar-refractivity contribution >= 4 is 48.1 Å². The first kappa shape index (κ1) is 31.6. The summed E-state index contributed by atoms with van der Waals surface area (Å²) in [4.78, 5) is 25.8. The van der Waals surface area contributed by atoms with Crippen molar-refractivity contribution in [1.29, 1.82) is 0 Å². The van der Waals surface area contributed by atoms with Crippen LogP contribution in [0.4, 0.5) is 0 Å². The van der Waals surface area contributed by atoms with Crippen LogP contribution in [0.2, 0.25) is 0 Å². The number of hydrogen-bond acceptors (Lipinski definition) is 7. The molecule has 0 radical (unpaired) electrons. The van der Waals surface area contributed by atoms with Crippen LogP contribution in [0.3, 0.4) is 0 Å². The quantitative estimate of drug-likeness (QED) is 0.0752. The lowest BCUT2D eigenvalue weighted by atomic mass is 10.1. The van der Waals surface area contributed by atoms with E-state index in [1.807, 2.05) is 48.2 Å². The van der Waals surface area contributed by atoms with Crippen LogP contribution in [0.5, 0.6) is 11.5 Å². The SMILES string of the molecule is CCCCCCCCCCCCSCCC(=O)Oc1ccc(Sc2ccc(OC(=O)CCS)cc2)cc1. The second-order valence-electron chi connectivity index (χ2n) is 9.01. The molecule has 0 aliphatic carbocycles. The minimum absolute atomic E-state index is 0.181. The normalized spacial score (nSPS) is 10.9. The molecular weight excluding hydrogens is 521 g/mol. The third kappa shape index (κ3) is 15.4. The lowest BCUT2D eigenvalue weighted by Crippen LogP contribution is -2.08. The fourth-order valence-electron chi connectivity index (χ4n) is 3.69. The molecule has 0 spiro atoms. The van der Waals surface area contributed by atoms with E-state index in [0.717, 1.165) is 21.3 Å². The molecule has 0 unspecified atom stereocenters. The molecule has 7 heteroatoms. The summed E-state index contributed by atoms with van der Waals surface area (Å²) in [6, 6.07) is 14.9. The van der Waals surface area contributed by atoms with E-state index < -0.39 is 0 Å². The van der Waals surface area contributed by atoms with Crippen molar-refractivity contribution in [2.45, 2.75) is 93.8 Å². The molecular formula is C30H42O4S3. The van der Waals surface area contributed by atoms with E-state index in [1.165, 1.54) is 64.2 Å². The highest BCUT2D eigenvalue weighted by Gasteiger charge is 2.07. The van der Waals surface area contributed by atoms with E-state index in [1.54, 1.807) is 23.9 Å². The van der Waals surface area contributed by atoms with Gasteiger partial charge < -0.3 is 9.47 Å². The molecule has 0 fully saturated rings. The predicted octanol–water partition coefficient (Wildman–Crippen LogP) is 9.01. The molecule has 0 aromatic heterocycles. The molecule has 4 nitrogen and oxygen atoms in total. The molecule has 0 aliphatic rings. The summed E-state index contributed by atoms with van der Waals surface area (Å²) in [6.07, 6.45) is 14.2. The highest BCUT2D eigenvalue weighted by molar-refractivity contribution is 7.99. The maximum atomic E-state index is 12.2. The van der Waals surface area contributed by atoms with Crippen LogP contribution in [-0.4, -0.2) is 29.2 Å². The molecule has 0 bridgehead atoms. The summed E-state index contributed by atoms with van der Waals surface area (Å²) < 4.78 is 10.7. The van der Waals surface area contributed by atoms with Gasteiger partial charge in [-0.15, -0.1) is 0 Å². The minimum Gasteiger partial charge on any atom is -0.427 e. The number of rotatable bonds is 20. The first-order valence-electron chi connectivity index (χ1n) is 13.6. The molecule has 0 amide bonds. The van der Waals surface area contributed by atoms with Crippen LogP contribution in [0, 0.1) is 0 Å². The van der Waals surface area contributed by atoms with E-state index in [2.05, 4.69) is 19.6 Å². The molecule has 0 saturated heterocycles. The maximum absolute atomic E-state index is 12.2. The molecule has 37 heavy (non-hydrogen) atoms. The average Bonchev–Trinajstić information content (AvgIpc) is 2.89. The van der Waals surface area contributed by atoms with Gasteiger partial charge in [-0.2, -0.15) is 24.4 Å². The molecule has 0 heterocycles. The molecule has 204 valence electrons. The Bertz CT molecular complexity index is 885. The van der Waals surface area contributed by atoms with E-state index in [-0.39, 0.29) is 18.4 Å². The van der Waals surface area contributed by atoms with Gasteiger partial charge in [-0.3, -0.25) is 9.59 Å². The van der Waals surface area contributed by atoms with Crippen LogP contribution in [0.25, 0.3) is 0 Å². The first-order chi connectivity index (χ1) is 18.1. The number of thiol groups is 1. The van der Waals surface area contributed by atoms with Crippen LogP contribution in [0.15, 0.2) is 58.3 Å². The Labute approximate surface area is 237 Å². The number of esters is 2. The van der Waals surface area contributed by atoms with E-state index in [0.29, 0.717) is 23.7 Å². The maximum Gasteiger partial charge on any atom is 0.312 e. The lowest BCUT2D eigenvalue weighted by Gasteiger charge is -2.07. The minimum atomic E-state index is -0.284. The first-order valence-corrected chi connectivity index (χ1v) is 16.2. The van der Waals surface area contributed by atoms with E-state index in [9.17, 15) is 9.59 Å². The molecule has 0 saturated carbocycles. The largest absolute Gasteiger partial charge is 0.427 e. The number of thioether (sulfide) groups is 1. The summed E-state index contributed by atoms with van der Waals surface area (Å²) in [5, 5.41) is 0. The topological polar surface area (TPSA) is 52.6 Å². The van der Waals surface area contributed by atoms with Gasteiger partial charge >= 0.3 is 11.9 Å². The average molecular weight is 563 g/mol. The molecule has 0 N–H and O–H groups in total. The number of benzene rings is 2. The Morgan fingerprint density at radius 2 is 1.11 bits per heavy atom. The van der Waals surface area contributed by atoms with E-state index >= 15 is 0 Å². The molecule has 2 rings (SSSR count). The molecule has 0 atom stereocenters. The van der Waals surface area contributed by atoms with Crippen molar-refractivity contribution in [3.8, 4) is 11.5 Å². The van der Waals surface area contributed by atoms with Gasteiger partial charge in [0.05, 0.1) is 12.8 Å². The monoisotopic (exact) mass is 562 g/mol. The van der Waals surface area contributed by atoms with Crippen LogP contribution < -0.4 is 9.47 Å². The van der Waals surface area contributed by atoms with Gasteiger partial charge in [0.15, 0.2) is 0 Å². The number of carbonyl (C=O) groups is 2. The van der Waals surface area contributed by atoms with Crippen LogP contribution in [0.1, 0.15) is 84.0 Å². The zero-order valence-corrected chi connectivity index (χ0v) is 24.6. The third-order valence-electron chi connectivity index (χ3n) is 5.76. The Hall–Kier alpha value is -1.57. The fraction of sp³-hybridized carbons (Fsp3) is 0.533. The standard InChI is InChI=1S/C30H42O4S3/c1-2-3-4-5-6-7-8-9-10-11-23-36-24-21-30(32)34-26-14-18-28(19-15-26)37-27-16-12-25(13-17-27)33-29(31)20-22-35/h12-19,35H,2-11,20-24H2,1H3. The summed E-state index contributed by atoms with van der Waals surface area (Å²) in [7, 11) is 0. The smallest absolute Gasteiger partial charge is 0.312 e. The van der Waals surface area contributed by atoms with Crippen LogP contribution in [-0.2, 0) is 9.59 Å². The summed E-state index contributed by atoms with van der Waals surface area (Å²) in [5.41, 5.74) is 0. The highest BCUT2D eigenvalue weighted by Crippen LogP contribution is 2.30. The van der Waals surface area contributed by atoms with Crippen molar-refractivity contribution in [3.63, 3.8) is 0 Å². The van der Waals surface area contributed by atoms with E-state index in [4.69, 9.17) is 9.47 Å². The van der Waals surface area contributed by atoms with Crippen molar-refractivity contribution in [2.75, 3.05) is 17.3 Å². The Kier molecular flexibility index (Phi) is 17.4. The Morgan fingerprint density at radius 1 is 0.649 bits per heavy atom. The fourth-order valence-corrected chi connectivity index (χ4v) is 5.62. The predicted molar refractivity (Wildman–Crippen MR) is 161 cm³/mol. The van der Waals surface area contributed by atoms with Gasteiger partial charge in [-0.25, -0.2) is 0 Å². The van der Waals surface area contributed by atoms with Gasteiger partial charge in [0.2, 0.25) is 0 Å². The van der Waals surface area contributed by atoms with Crippen LogP contribution >= 0.6 is 36.2 Å². The van der Waals surface area contributed by atoms with Gasteiger partial charge in [-0.05, 0) is 60.7 Å². The summed E-state index contributed by atoms with van der Waals surface area (Å²) in [6.45, 7) is 2.26. The number of ether oxygens (including phenoxy) is 2. The summed E-state index contributed by atoms with van der Waals surface area (Å²) in [5.74, 6) is 3.03.